The van der Waals surface area contributed by atoms with E-state index in [1.807, 2.05) is 30.8 Å². The summed E-state index contributed by atoms with van der Waals surface area (Å²) in [6, 6.07) is 6.52. The van der Waals surface area contributed by atoms with Gasteiger partial charge in [-0.3, -0.25) is 0 Å². The molecule has 0 aliphatic rings. The molecule has 0 amide bonds. The molecule has 1 aromatic carbocycles. The number of ether oxygens (including phenoxy) is 1. The molecular formula is C17H29NO2S. The Morgan fingerprint density at radius 2 is 2.10 bits per heavy atom. The van der Waals surface area contributed by atoms with Crippen molar-refractivity contribution in [2.75, 3.05) is 24.7 Å². The fourth-order valence-corrected chi connectivity index (χ4v) is 2.86. The molecule has 1 aromatic rings. The zero-order chi connectivity index (χ0) is 15.7. The van der Waals surface area contributed by atoms with Crippen LogP contribution in [-0.2, 0) is 0 Å². The van der Waals surface area contributed by atoms with E-state index in [-0.39, 0.29) is 0 Å². The Kier molecular flexibility index (Phi) is 8.81. The van der Waals surface area contributed by atoms with Crippen LogP contribution in [0.2, 0.25) is 0 Å². The largest absolute Gasteiger partial charge is 0.491 e. The first-order valence-corrected chi connectivity index (χ1v) is 8.87. The molecule has 120 valence electrons. The van der Waals surface area contributed by atoms with Crippen molar-refractivity contribution in [1.82, 2.24) is 5.32 Å². The lowest BCUT2D eigenvalue weighted by molar-refractivity contribution is 0.103. The second-order valence-corrected chi connectivity index (χ2v) is 6.92. The van der Waals surface area contributed by atoms with Crippen LogP contribution in [0.5, 0.6) is 5.75 Å². The highest BCUT2D eigenvalue weighted by Gasteiger charge is 2.09. The molecule has 0 saturated carbocycles. The highest BCUT2D eigenvalue weighted by Crippen LogP contribution is 2.18. The molecule has 0 bridgehead atoms. The molecule has 0 aliphatic carbocycles. The van der Waals surface area contributed by atoms with E-state index in [0.717, 1.165) is 17.7 Å². The molecule has 2 N–H and O–H groups in total. The number of aliphatic hydroxyl groups excluding tert-OH is 1. The van der Waals surface area contributed by atoms with E-state index in [4.69, 9.17) is 4.74 Å². The van der Waals surface area contributed by atoms with Gasteiger partial charge in [0.25, 0.3) is 0 Å². The van der Waals surface area contributed by atoms with Gasteiger partial charge in [0, 0.05) is 12.6 Å². The lowest BCUT2D eigenvalue weighted by atomic mass is 10.1. The number of aryl methyl sites for hydroxylation is 2. The van der Waals surface area contributed by atoms with Crippen molar-refractivity contribution in [1.29, 1.82) is 0 Å². The van der Waals surface area contributed by atoms with Crippen LogP contribution in [0.25, 0.3) is 0 Å². The second kappa shape index (κ2) is 10.1. The van der Waals surface area contributed by atoms with Crippen molar-refractivity contribution in [3.8, 4) is 5.75 Å². The molecule has 0 spiro atoms. The molecular weight excluding hydrogens is 282 g/mol. The van der Waals surface area contributed by atoms with Gasteiger partial charge in [-0.2, -0.15) is 11.8 Å². The van der Waals surface area contributed by atoms with Crippen LogP contribution in [0.3, 0.4) is 0 Å². The van der Waals surface area contributed by atoms with E-state index in [1.165, 1.54) is 17.1 Å². The number of nitrogens with one attached hydrogen (secondary N) is 1. The van der Waals surface area contributed by atoms with Gasteiger partial charge in [0.2, 0.25) is 0 Å². The predicted molar refractivity (Wildman–Crippen MR) is 92.5 cm³/mol. The minimum Gasteiger partial charge on any atom is -0.491 e. The summed E-state index contributed by atoms with van der Waals surface area (Å²) >= 11 is 1.95. The summed E-state index contributed by atoms with van der Waals surface area (Å²) in [4.78, 5) is 0. The lowest BCUT2D eigenvalue weighted by Gasteiger charge is -2.18. The van der Waals surface area contributed by atoms with Gasteiger partial charge in [-0.25, -0.2) is 0 Å². The van der Waals surface area contributed by atoms with Crippen molar-refractivity contribution in [2.24, 2.45) is 0 Å². The number of rotatable bonds is 10. The molecule has 2 atom stereocenters. The first-order valence-electron chi connectivity index (χ1n) is 7.72. The number of thioether (sulfide) groups is 1. The molecule has 3 nitrogen and oxygen atoms in total. The summed E-state index contributed by atoms with van der Waals surface area (Å²) in [5, 5.41) is 13.3. The highest BCUT2D eigenvalue weighted by atomic mass is 32.2. The van der Waals surface area contributed by atoms with Crippen molar-refractivity contribution < 1.29 is 9.84 Å². The number of aliphatic hydroxyl groups is 1. The third-order valence-corrected chi connectivity index (χ3v) is 4.30. The summed E-state index contributed by atoms with van der Waals surface area (Å²) < 4.78 is 5.69. The Labute approximate surface area is 133 Å². The zero-order valence-corrected chi connectivity index (χ0v) is 14.5. The molecule has 0 aliphatic heterocycles. The van der Waals surface area contributed by atoms with Crippen LogP contribution in [-0.4, -0.2) is 41.9 Å². The van der Waals surface area contributed by atoms with Gasteiger partial charge in [-0.05, 0) is 50.3 Å². The summed E-state index contributed by atoms with van der Waals surface area (Å²) in [6.07, 6.45) is 0.648. The summed E-state index contributed by atoms with van der Waals surface area (Å²) in [5.74, 6) is 3.19. The molecule has 0 fully saturated rings. The average Bonchev–Trinajstić information content (AvgIpc) is 2.44. The fraction of sp³-hybridized carbons (Fsp3) is 0.647. The average molecular weight is 311 g/mol. The third-order valence-electron chi connectivity index (χ3n) is 3.36. The summed E-state index contributed by atoms with van der Waals surface area (Å²) in [6.45, 7) is 9.33. The van der Waals surface area contributed by atoms with E-state index in [0.29, 0.717) is 19.2 Å². The van der Waals surface area contributed by atoms with Gasteiger partial charge in [0.05, 0.1) is 0 Å². The first kappa shape index (κ1) is 18.3. The van der Waals surface area contributed by atoms with Crippen LogP contribution in [0.1, 0.15) is 31.4 Å². The third kappa shape index (κ3) is 7.74. The van der Waals surface area contributed by atoms with Gasteiger partial charge in [0.15, 0.2) is 0 Å². The number of benzene rings is 1. The minimum atomic E-state index is -0.480. The molecule has 0 heterocycles. The quantitative estimate of drug-likeness (QED) is 0.651. The topological polar surface area (TPSA) is 41.5 Å². The SMILES string of the molecule is CCSCCC(C)NCC(O)COc1ccc(C)cc1C. The van der Waals surface area contributed by atoms with Crippen LogP contribution >= 0.6 is 11.8 Å². The Morgan fingerprint density at radius 1 is 1.33 bits per heavy atom. The van der Waals surface area contributed by atoms with Gasteiger partial charge < -0.3 is 15.2 Å². The number of hydrogen-bond acceptors (Lipinski definition) is 4. The maximum absolute atomic E-state index is 9.98. The summed E-state index contributed by atoms with van der Waals surface area (Å²) in [7, 11) is 0. The lowest BCUT2D eigenvalue weighted by Crippen LogP contribution is -2.36. The standard InChI is InChI=1S/C17H29NO2S/c1-5-21-9-8-15(4)18-11-16(19)12-20-17-7-6-13(2)10-14(17)3/h6-7,10,15-16,18-19H,5,8-9,11-12H2,1-4H3. The van der Waals surface area contributed by atoms with E-state index < -0.39 is 6.10 Å². The monoisotopic (exact) mass is 311 g/mol. The predicted octanol–water partition coefficient (Wildman–Crippen LogP) is 3.16. The van der Waals surface area contributed by atoms with Crippen LogP contribution in [0.15, 0.2) is 18.2 Å². The first-order chi connectivity index (χ1) is 10.0. The Morgan fingerprint density at radius 3 is 2.76 bits per heavy atom. The van der Waals surface area contributed by atoms with Crippen LogP contribution in [0.4, 0.5) is 0 Å². The number of hydrogen-bond donors (Lipinski definition) is 2. The van der Waals surface area contributed by atoms with Gasteiger partial charge in [-0.1, -0.05) is 24.6 Å². The molecule has 4 heteroatoms. The zero-order valence-electron chi connectivity index (χ0n) is 13.7. The molecule has 1 rings (SSSR count). The molecule has 0 aromatic heterocycles. The maximum atomic E-state index is 9.98. The summed E-state index contributed by atoms with van der Waals surface area (Å²) in [5.41, 5.74) is 2.33. The molecule has 0 radical (unpaired) electrons. The Bertz CT molecular complexity index is 412. The molecule has 2 unspecified atom stereocenters. The van der Waals surface area contributed by atoms with E-state index in [9.17, 15) is 5.11 Å². The van der Waals surface area contributed by atoms with Gasteiger partial charge in [0.1, 0.15) is 18.5 Å². The van der Waals surface area contributed by atoms with Crippen LogP contribution in [0, 0.1) is 13.8 Å². The van der Waals surface area contributed by atoms with Crippen molar-refractivity contribution in [2.45, 2.75) is 46.3 Å². The second-order valence-electron chi connectivity index (χ2n) is 5.53. The van der Waals surface area contributed by atoms with E-state index in [2.05, 4.69) is 32.2 Å². The normalized spacial score (nSPS) is 14.0. The van der Waals surface area contributed by atoms with E-state index >= 15 is 0 Å². The smallest absolute Gasteiger partial charge is 0.122 e. The van der Waals surface area contributed by atoms with Gasteiger partial charge in [-0.15, -0.1) is 0 Å². The highest BCUT2D eigenvalue weighted by molar-refractivity contribution is 7.99. The molecule has 21 heavy (non-hydrogen) atoms. The van der Waals surface area contributed by atoms with Crippen molar-refractivity contribution in [3.63, 3.8) is 0 Å². The minimum absolute atomic E-state index is 0.327. The van der Waals surface area contributed by atoms with Crippen LogP contribution < -0.4 is 10.1 Å². The fourth-order valence-electron chi connectivity index (χ4n) is 2.05. The Balaban J connectivity index is 2.23. The van der Waals surface area contributed by atoms with Crippen molar-refractivity contribution in [3.05, 3.63) is 29.3 Å². The van der Waals surface area contributed by atoms with Crippen molar-refractivity contribution >= 4 is 11.8 Å². The maximum Gasteiger partial charge on any atom is 0.122 e. The Hall–Kier alpha value is -0.710. The van der Waals surface area contributed by atoms with Gasteiger partial charge >= 0.3 is 0 Å². The molecule has 0 saturated heterocycles. The van der Waals surface area contributed by atoms with E-state index in [1.54, 1.807) is 0 Å².